The molecule has 0 aromatic heterocycles. The Labute approximate surface area is 78.8 Å². The minimum atomic E-state index is -0.401. The molecule has 0 aromatic rings. The Hall–Kier alpha value is -0.890. The molecule has 1 atom stereocenters. The first-order chi connectivity index (χ1) is 6.09. The fourth-order valence-corrected chi connectivity index (χ4v) is 1.57. The molecular weight excluding hydrogens is 165 g/mol. The van der Waals surface area contributed by atoms with E-state index in [0.717, 1.165) is 24.8 Å². The molecule has 1 fully saturated rings. The van der Waals surface area contributed by atoms with Crippen LogP contribution in [0.4, 0.5) is 4.39 Å². The molecule has 1 rings (SSSR count). The van der Waals surface area contributed by atoms with Crippen LogP contribution in [0.25, 0.3) is 0 Å². The molecule has 0 amide bonds. The molecule has 0 bridgehead atoms. The van der Waals surface area contributed by atoms with Crippen molar-refractivity contribution in [2.75, 3.05) is 0 Å². The Morgan fingerprint density at radius 2 is 2.31 bits per heavy atom. The third-order valence-corrected chi connectivity index (χ3v) is 2.40. The van der Waals surface area contributed by atoms with Crippen LogP contribution >= 0.6 is 0 Å². The molecular formula is C11H16FN. The first-order valence-corrected chi connectivity index (χ1v) is 4.56. The van der Waals surface area contributed by atoms with Gasteiger partial charge in [-0.15, -0.1) is 0 Å². The van der Waals surface area contributed by atoms with Crippen molar-refractivity contribution in [2.45, 2.75) is 32.2 Å². The van der Waals surface area contributed by atoms with E-state index in [0.29, 0.717) is 6.04 Å². The van der Waals surface area contributed by atoms with E-state index < -0.39 is 5.83 Å². The van der Waals surface area contributed by atoms with Gasteiger partial charge in [0, 0.05) is 6.04 Å². The first kappa shape index (κ1) is 10.2. The highest BCUT2D eigenvalue weighted by Gasteiger charge is 2.16. The molecule has 13 heavy (non-hydrogen) atoms. The average Bonchev–Trinajstić information content (AvgIpc) is 2.47. The predicted molar refractivity (Wildman–Crippen MR) is 53.9 cm³/mol. The smallest absolute Gasteiger partial charge is 0.116 e. The summed E-state index contributed by atoms with van der Waals surface area (Å²) >= 11 is 0. The summed E-state index contributed by atoms with van der Waals surface area (Å²) in [5.41, 5.74) is 8.25. The Morgan fingerprint density at radius 1 is 1.62 bits per heavy atom. The molecule has 2 heteroatoms. The molecule has 0 radical (unpaired) electrons. The largest absolute Gasteiger partial charge is 0.327 e. The van der Waals surface area contributed by atoms with Crippen molar-refractivity contribution < 1.29 is 4.39 Å². The second kappa shape index (κ2) is 4.38. The lowest BCUT2D eigenvalue weighted by molar-refractivity contribution is 0.671. The second-order valence-corrected chi connectivity index (χ2v) is 3.57. The number of halogens is 1. The molecule has 0 spiro atoms. The number of hydrogen-bond donors (Lipinski definition) is 1. The van der Waals surface area contributed by atoms with Crippen LogP contribution in [0, 0.1) is 0 Å². The van der Waals surface area contributed by atoms with Gasteiger partial charge in [0.05, 0.1) is 0 Å². The molecule has 0 heterocycles. The number of hydrogen-bond acceptors (Lipinski definition) is 1. The summed E-state index contributed by atoms with van der Waals surface area (Å²) in [5, 5.41) is 0. The lowest BCUT2D eigenvalue weighted by atomic mass is 10.1. The van der Waals surface area contributed by atoms with Crippen molar-refractivity contribution in [3.05, 3.63) is 35.7 Å². The Kier molecular flexibility index (Phi) is 3.43. The van der Waals surface area contributed by atoms with Gasteiger partial charge in [-0.05, 0) is 32.3 Å². The molecule has 1 unspecified atom stereocenters. The van der Waals surface area contributed by atoms with E-state index >= 15 is 0 Å². The fourth-order valence-electron chi connectivity index (χ4n) is 1.57. The van der Waals surface area contributed by atoms with E-state index in [9.17, 15) is 4.39 Å². The monoisotopic (exact) mass is 181 g/mol. The number of rotatable bonds is 2. The second-order valence-electron chi connectivity index (χ2n) is 3.57. The van der Waals surface area contributed by atoms with Gasteiger partial charge in [-0.2, -0.15) is 0 Å². The van der Waals surface area contributed by atoms with Gasteiger partial charge >= 0.3 is 0 Å². The highest BCUT2D eigenvalue weighted by Crippen LogP contribution is 2.26. The van der Waals surface area contributed by atoms with Crippen molar-refractivity contribution in [1.82, 2.24) is 0 Å². The van der Waals surface area contributed by atoms with Crippen LogP contribution in [0.15, 0.2) is 35.7 Å². The Bertz CT molecular complexity index is 263. The summed E-state index contributed by atoms with van der Waals surface area (Å²) < 4.78 is 12.3. The summed E-state index contributed by atoms with van der Waals surface area (Å²) in [6.07, 6.45) is 6.23. The minimum absolute atomic E-state index is 0.298. The van der Waals surface area contributed by atoms with Crippen LogP contribution in [-0.2, 0) is 0 Å². The molecule has 0 aromatic carbocycles. The minimum Gasteiger partial charge on any atom is -0.327 e. The molecule has 1 saturated carbocycles. The SMILES string of the molecule is C=C(F)/C=C\C(C)=C1\CCC(N)C1. The molecule has 0 saturated heterocycles. The van der Waals surface area contributed by atoms with Crippen LogP contribution in [0.2, 0.25) is 0 Å². The highest BCUT2D eigenvalue weighted by atomic mass is 19.1. The lowest BCUT2D eigenvalue weighted by Crippen LogP contribution is -2.13. The van der Waals surface area contributed by atoms with E-state index in [4.69, 9.17) is 5.73 Å². The molecule has 72 valence electrons. The zero-order chi connectivity index (χ0) is 9.84. The fraction of sp³-hybridized carbons (Fsp3) is 0.455. The van der Waals surface area contributed by atoms with Crippen molar-refractivity contribution in [3.63, 3.8) is 0 Å². The molecule has 1 aliphatic rings. The maximum absolute atomic E-state index is 12.3. The highest BCUT2D eigenvalue weighted by molar-refractivity contribution is 5.29. The van der Waals surface area contributed by atoms with Crippen molar-refractivity contribution in [2.24, 2.45) is 5.73 Å². The van der Waals surface area contributed by atoms with E-state index in [1.807, 2.05) is 6.92 Å². The summed E-state index contributed by atoms with van der Waals surface area (Å²) in [4.78, 5) is 0. The lowest BCUT2D eigenvalue weighted by Gasteiger charge is -2.00. The van der Waals surface area contributed by atoms with Gasteiger partial charge < -0.3 is 5.73 Å². The summed E-state index contributed by atoms with van der Waals surface area (Å²) in [5.74, 6) is -0.401. The van der Waals surface area contributed by atoms with Crippen LogP contribution in [0.3, 0.4) is 0 Å². The normalized spacial score (nSPS) is 26.8. The molecule has 1 aliphatic carbocycles. The van der Waals surface area contributed by atoms with Gasteiger partial charge in [-0.25, -0.2) is 4.39 Å². The molecule has 0 aliphatic heterocycles. The third kappa shape index (κ3) is 3.15. The summed E-state index contributed by atoms with van der Waals surface area (Å²) in [7, 11) is 0. The van der Waals surface area contributed by atoms with Crippen molar-refractivity contribution in [1.29, 1.82) is 0 Å². The average molecular weight is 181 g/mol. The first-order valence-electron chi connectivity index (χ1n) is 4.56. The maximum atomic E-state index is 12.3. The van der Waals surface area contributed by atoms with Gasteiger partial charge in [0.15, 0.2) is 0 Å². The number of allylic oxidation sites excluding steroid dienone is 4. The van der Waals surface area contributed by atoms with Gasteiger partial charge in [-0.1, -0.05) is 23.8 Å². The maximum Gasteiger partial charge on any atom is 0.116 e. The standard InChI is InChI=1S/C11H16FN/c1-8(3-4-9(2)12)10-5-6-11(13)7-10/h3-4,11H,2,5-7,13H2,1H3/b4-3-,10-8-. The zero-order valence-corrected chi connectivity index (χ0v) is 8.02. The predicted octanol–water partition coefficient (Wildman–Crippen LogP) is 2.85. The number of nitrogens with two attached hydrogens (primary N) is 1. The molecule has 1 nitrogen and oxygen atoms in total. The Balaban J connectivity index is 2.64. The van der Waals surface area contributed by atoms with Gasteiger partial charge in [0.25, 0.3) is 0 Å². The Morgan fingerprint density at radius 3 is 2.77 bits per heavy atom. The zero-order valence-electron chi connectivity index (χ0n) is 8.02. The quantitative estimate of drug-likeness (QED) is 0.651. The summed E-state index contributed by atoms with van der Waals surface area (Å²) in [6.45, 7) is 5.16. The van der Waals surface area contributed by atoms with E-state index in [1.165, 1.54) is 11.6 Å². The van der Waals surface area contributed by atoms with Gasteiger partial charge in [0.2, 0.25) is 0 Å². The van der Waals surface area contributed by atoms with E-state index in [-0.39, 0.29) is 0 Å². The third-order valence-electron chi connectivity index (χ3n) is 2.40. The van der Waals surface area contributed by atoms with Crippen LogP contribution in [0.5, 0.6) is 0 Å². The van der Waals surface area contributed by atoms with Gasteiger partial charge in [0.1, 0.15) is 5.83 Å². The van der Waals surface area contributed by atoms with Crippen molar-refractivity contribution >= 4 is 0 Å². The molecule has 2 N–H and O–H groups in total. The van der Waals surface area contributed by atoms with Crippen LogP contribution < -0.4 is 5.73 Å². The van der Waals surface area contributed by atoms with E-state index in [1.54, 1.807) is 6.08 Å². The topological polar surface area (TPSA) is 26.0 Å². The van der Waals surface area contributed by atoms with Crippen LogP contribution in [0.1, 0.15) is 26.2 Å². The van der Waals surface area contributed by atoms with E-state index in [2.05, 4.69) is 6.58 Å². The van der Waals surface area contributed by atoms with Crippen LogP contribution in [-0.4, -0.2) is 6.04 Å². The van der Waals surface area contributed by atoms with Gasteiger partial charge in [-0.3, -0.25) is 0 Å². The van der Waals surface area contributed by atoms with Crippen molar-refractivity contribution in [3.8, 4) is 0 Å². The summed E-state index contributed by atoms with van der Waals surface area (Å²) in [6, 6.07) is 0.298.